The Morgan fingerprint density at radius 1 is 1.48 bits per heavy atom. The third kappa shape index (κ3) is 5.86. The summed E-state index contributed by atoms with van der Waals surface area (Å²) >= 11 is 1.43. The molecule has 21 heavy (non-hydrogen) atoms. The fraction of sp³-hybridized carbons (Fsp3) is 0.500. The molecule has 9 heteroatoms. The number of hydrogen-bond acceptors (Lipinski definition) is 8. The maximum Gasteiger partial charge on any atom is 0.406 e. The van der Waals surface area contributed by atoms with Crippen molar-refractivity contribution in [2.75, 3.05) is 50.3 Å². The molecule has 1 aromatic heterocycles. The Hall–Kier alpha value is -2.03. The van der Waals surface area contributed by atoms with Crippen LogP contribution in [0.2, 0.25) is 0 Å². The highest BCUT2D eigenvalue weighted by Gasteiger charge is 2.09. The molecular weight excluding hydrogens is 292 g/mol. The molecule has 0 bridgehead atoms. The molecule has 0 saturated heterocycles. The molecule has 0 unspecified atom stereocenters. The molecule has 2 N–H and O–H groups in total. The fourth-order valence-electron chi connectivity index (χ4n) is 1.34. The number of aromatic nitrogens is 3. The Bertz CT molecular complexity index is 485. The van der Waals surface area contributed by atoms with E-state index in [4.69, 9.17) is 4.74 Å². The van der Waals surface area contributed by atoms with Gasteiger partial charge in [0.15, 0.2) is 5.16 Å². The lowest BCUT2D eigenvalue weighted by Crippen LogP contribution is -2.24. The summed E-state index contributed by atoms with van der Waals surface area (Å²) in [5.41, 5.74) is 0. The van der Waals surface area contributed by atoms with Gasteiger partial charge in [-0.1, -0.05) is 17.8 Å². The summed E-state index contributed by atoms with van der Waals surface area (Å²) in [4.78, 5) is 25.7. The summed E-state index contributed by atoms with van der Waals surface area (Å²) in [6, 6.07) is 0. The van der Waals surface area contributed by atoms with E-state index in [0.717, 1.165) is 0 Å². The SMILES string of the molecule is C=CCN(C)c1nc(NCCOC(=O)NC)nc(SC)n1. The van der Waals surface area contributed by atoms with Crippen molar-refractivity contribution in [3.63, 3.8) is 0 Å². The Labute approximate surface area is 128 Å². The van der Waals surface area contributed by atoms with Gasteiger partial charge in [0.25, 0.3) is 0 Å². The molecule has 0 aliphatic carbocycles. The van der Waals surface area contributed by atoms with Crippen molar-refractivity contribution >= 4 is 29.8 Å². The van der Waals surface area contributed by atoms with Gasteiger partial charge in [0.1, 0.15) is 6.61 Å². The minimum Gasteiger partial charge on any atom is -0.448 e. The van der Waals surface area contributed by atoms with E-state index in [9.17, 15) is 4.79 Å². The smallest absolute Gasteiger partial charge is 0.406 e. The van der Waals surface area contributed by atoms with Crippen LogP contribution >= 0.6 is 11.8 Å². The summed E-state index contributed by atoms with van der Waals surface area (Å²) in [5, 5.41) is 5.99. The van der Waals surface area contributed by atoms with Gasteiger partial charge in [-0.05, 0) is 6.26 Å². The summed E-state index contributed by atoms with van der Waals surface area (Å²) < 4.78 is 4.87. The fourth-order valence-corrected chi connectivity index (χ4v) is 1.69. The highest BCUT2D eigenvalue weighted by atomic mass is 32.2. The van der Waals surface area contributed by atoms with E-state index in [0.29, 0.717) is 30.1 Å². The van der Waals surface area contributed by atoms with Crippen LogP contribution in [0.1, 0.15) is 0 Å². The van der Waals surface area contributed by atoms with E-state index in [2.05, 4.69) is 32.2 Å². The minimum absolute atomic E-state index is 0.220. The topological polar surface area (TPSA) is 92.3 Å². The molecular formula is C12H20N6O2S. The Kier molecular flexibility index (Phi) is 7.30. The van der Waals surface area contributed by atoms with Crippen molar-refractivity contribution in [1.29, 1.82) is 0 Å². The number of anilines is 2. The number of carbonyl (C=O) groups is 1. The molecule has 0 fully saturated rings. The van der Waals surface area contributed by atoms with Crippen LogP contribution in [0.5, 0.6) is 0 Å². The summed E-state index contributed by atoms with van der Waals surface area (Å²) in [5.74, 6) is 1.00. The minimum atomic E-state index is -0.469. The molecule has 0 atom stereocenters. The monoisotopic (exact) mass is 312 g/mol. The number of nitrogens with zero attached hydrogens (tertiary/aromatic N) is 4. The number of rotatable bonds is 8. The second kappa shape index (κ2) is 9.01. The van der Waals surface area contributed by atoms with Crippen LogP contribution in [-0.2, 0) is 4.74 Å². The van der Waals surface area contributed by atoms with Crippen molar-refractivity contribution in [1.82, 2.24) is 20.3 Å². The summed E-state index contributed by atoms with van der Waals surface area (Å²) in [6.45, 7) is 4.96. The molecule has 8 nitrogen and oxygen atoms in total. The Morgan fingerprint density at radius 3 is 2.86 bits per heavy atom. The number of thioether (sulfide) groups is 1. The van der Waals surface area contributed by atoms with Gasteiger partial charge in [0.2, 0.25) is 11.9 Å². The predicted molar refractivity (Wildman–Crippen MR) is 84.0 cm³/mol. The molecule has 1 rings (SSSR count). The Morgan fingerprint density at radius 2 is 2.24 bits per heavy atom. The van der Waals surface area contributed by atoms with Crippen molar-refractivity contribution in [2.24, 2.45) is 0 Å². The molecule has 0 aliphatic heterocycles. The number of alkyl carbamates (subject to hydrolysis) is 1. The molecule has 0 aliphatic rings. The second-order valence-electron chi connectivity index (χ2n) is 3.93. The Balaban J connectivity index is 2.66. The first-order chi connectivity index (χ1) is 10.1. The van der Waals surface area contributed by atoms with E-state index in [1.807, 2.05) is 18.2 Å². The van der Waals surface area contributed by atoms with Crippen LogP contribution in [0.4, 0.5) is 16.7 Å². The number of ether oxygens (including phenoxy) is 1. The molecule has 0 radical (unpaired) electrons. The molecule has 0 saturated carbocycles. The van der Waals surface area contributed by atoms with Gasteiger partial charge in [0, 0.05) is 20.6 Å². The van der Waals surface area contributed by atoms with Crippen molar-refractivity contribution in [3.05, 3.63) is 12.7 Å². The van der Waals surface area contributed by atoms with Gasteiger partial charge in [0.05, 0.1) is 6.54 Å². The van der Waals surface area contributed by atoms with Crippen LogP contribution in [0.25, 0.3) is 0 Å². The molecule has 0 spiro atoms. The van der Waals surface area contributed by atoms with E-state index in [1.165, 1.54) is 18.8 Å². The van der Waals surface area contributed by atoms with Crippen LogP contribution in [0.15, 0.2) is 17.8 Å². The zero-order valence-corrected chi connectivity index (χ0v) is 13.2. The van der Waals surface area contributed by atoms with Gasteiger partial charge < -0.3 is 20.3 Å². The van der Waals surface area contributed by atoms with Crippen molar-refractivity contribution < 1.29 is 9.53 Å². The average molecular weight is 312 g/mol. The van der Waals surface area contributed by atoms with E-state index in [-0.39, 0.29) is 6.61 Å². The average Bonchev–Trinajstić information content (AvgIpc) is 2.51. The predicted octanol–water partition coefficient (Wildman–Crippen LogP) is 0.984. The lowest BCUT2D eigenvalue weighted by atomic mass is 10.5. The zero-order valence-electron chi connectivity index (χ0n) is 12.4. The van der Waals surface area contributed by atoms with Crippen LogP contribution in [0, 0.1) is 0 Å². The zero-order chi connectivity index (χ0) is 15.7. The molecule has 1 heterocycles. The van der Waals surface area contributed by atoms with Crippen LogP contribution in [-0.4, -0.2) is 61.1 Å². The van der Waals surface area contributed by atoms with E-state index >= 15 is 0 Å². The van der Waals surface area contributed by atoms with Gasteiger partial charge in [-0.15, -0.1) is 6.58 Å². The number of amides is 1. The van der Waals surface area contributed by atoms with Crippen molar-refractivity contribution in [3.8, 4) is 0 Å². The first-order valence-electron chi connectivity index (χ1n) is 6.31. The van der Waals surface area contributed by atoms with Gasteiger partial charge in [-0.25, -0.2) is 4.79 Å². The number of likely N-dealkylation sites (N-methyl/N-ethyl adjacent to an activating group) is 1. The molecule has 1 aromatic rings. The molecule has 1 amide bonds. The second-order valence-corrected chi connectivity index (χ2v) is 4.70. The largest absolute Gasteiger partial charge is 0.448 e. The first kappa shape index (κ1) is 17.0. The quantitative estimate of drug-likeness (QED) is 0.417. The third-order valence-corrected chi connectivity index (χ3v) is 2.90. The highest BCUT2D eigenvalue weighted by Crippen LogP contribution is 2.15. The lowest BCUT2D eigenvalue weighted by Gasteiger charge is -2.16. The lowest BCUT2D eigenvalue weighted by molar-refractivity contribution is 0.153. The summed E-state index contributed by atoms with van der Waals surface area (Å²) in [6.07, 6.45) is 3.20. The molecule has 116 valence electrons. The normalized spacial score (nSPS) is 9.86. The number of hydrogen-bond donors (Lipinski definition) is 2. The standard InChI is InChI=1S/C12H20N6O2S/c1-5-7-18(3)10-15-9(16-11(17-10)21-4)14-6-8-20-12(19)13-2/h5H,1,6-8H2,2-4H3,(H,13,19)(H,14,15,16,17). The maximum atomic E-state index is 10.9. The van der Waals surface area contributed by atoms with Gasteiger partial charge in [-0.2, -0.15) is 15.0 Å². The molecule has 0 aromatic carbocycles. The van der Waals surface area contributed by atoms with E-state index < -0.39 is 6.09 Å². The van der Waals surface area contributed by atoms with Crippen LogP contribution in [0.3, 0.4) is 0 Å². The summed E-state index contributed by atoms with van der Waals surface area (Å²) in [7, 11) is 3.38. The van der Waals surface area contributed by atoms with Crippen molar-refractivity contribution in [2.45, 2.75) is 5.16 Å². The van der Waals surface area contributed by atoms with E-state index in [1.54, 1.807) is 6.08 Å². The number of carbonyl (C=O) groups excluding carboxylic acids is 1. The highest BCUT2D eigenvalue weighted by molar-refractivity contribution is 7.98. The first-order valence-corrected chi connectivity index (χ1v) is 7.53. The number of nitrogens with one attached hydrogen (secondary N) is 2. The van der Waals surface area contributed by atoms with Crippen LogP contribution < -0.4 is 15.5 Å². The third-order valence-electron chi connectivity index (χ3n) is 2.35. The van der Waals surface area contributed by atoms with Gasteiger partial charge in [-0.3, -0.25) is 0 Å². The van der Waals surface area contributed by atoms with Gasteiger partial charge >= 0.3 is 6.09 Å². The maximum absolute atomic E-state index is 10.9.